The molecule has 0 bridgehead atoms. The molecule has 0 radical (unpaired) electrons. The van der Waals surface area contributed by atoms with Gasteiger partial charge in [0.25, 0.3) is 0 Å². The minimum absolute atomic E-state index is 0.00415. The van der Waals surface area contributed by atoms with E-state index in [0.29, 0.717) is 42.1 Å². The number of fused-ring (bicyclic) bond motifs is 1. The Morgan fingerprint density at radius 1 is 1.07 bits per heavy atom. The Morgan fingerprint density at radius 2 is 1.93 bits per heavy atom. The van der Waals surface area contributed by atoms with Crippen molar-refractivity contribution in [1.29, 1.82) is 0 Å². The van der Waals surface area contributed by atoms with E-state index in [0.717, 1.165) is 36.3 Å². The molecule has 1 aliphatic carbocycles. The molecule has 3 aromatic rings. The Labute approximate surface area is 169 Å². The van der Waals surface area contributed by atoms with Gasteiger partial charge < -0.3 is 14.8 Å². The lowest BCUT2D eigenvalue weighted by molar-refractivity contribution is 0.138. The number of ether oxygens (including phenoxy) is 2. The lowest BCUT2D eigenvalue weighted by Gasteiger charge is -2.27. The number of hydrogen-bond donors (Lipinski definition) is 1. The first kappa shape index (κ1) is 18.3. The maximum absolute atomic E-state index is 6.23. The van der Waals surface area contributed by atoms with Crippen molar-refractivity contribution >= 4 is 17.0 Å². The molecule has 2 fully saturated rings. The van der Waals surface area contributed by atoms with Crippen LogP contribution < -0.4 is 10.1 Å². The molecule has 0 unspecified atom stereocenters. The zero-order valence-electron chi connectivity index (χ0n) is 16.5. The number of nitrogens with zero attached hydrogens (tertiary/aromatic N) is 4. The first-order valence-corrected chi connectivity index (χ1v) is 10.4. The summed E-state index contributed by atoms with van der Waals surface area (Å²) in [5.41, 5.74) is 3.15. The second-order valence-corrected chi connectivity index (χ2v) is 8.08. The summed E-state index contributed by atoms with van der Waals surface area (Å²) in [6.45, 7) is 3.62. The highest BCUT2D eigenvalue weighted by molar-refractivity contribution is 5.81. The van der Waals surface area contributed by atoms with Gasteiger partial charge in [0.05, 0.1) is 18.8 Å². The molecule has 1 saturated heterocycles. The summed E-state index contributed by atoms with van der Waals surface area (Å²) in [5, 5.41) is 11.3. The maximum atomic E-state index is 6.23. The minimum atomic E-state index is 0.00415. The fourth-order valence-electron chi connectivity index (χ4n) is 4.02. The molecule has 5 rings (SSSR count). The molecule has 0 spiro atoms. The van der Waals surface area contributed by atoms with E-state index in [9.17, 15) is 0 Å². The van der Waals surface area contributed by atoms with Crippen LogP contribution in [0.2, 0.25) is 0 Å². The molecule has 2 aliphatic rings. The van der Waals surface area contributed by atoms with E-state index in [1.807, 2.05) is 24.4 Å². The molecule has 1 aliphatic heterocycles. The Hall–Kier alpha value is -2.74. The molecule has 29 heavy (non-hydrogen) atoms. The highest BCUT2D eigenvalue weighted by Crippen LogP contribution is 2.32. The third kappa shape index (κ3) is 4.03. The molecule has 1 saturated carbocycles. The Kier molecular flexibility index (Phi) is 5.01. The van der Waals surface area contributed by atoms with Crippen molar-refractivity contribution in [1.82, 2.24) is 20.3 Å². The lowest BCUT2D eigenvalue weighted by atomic mass is 9.87. The van der Waals surface area contributed by atoms with Gasteiger partial charge in [0.15, 0.2) is 0 Å². The van der Waals surface area contributed by atoms with Gasteiger partial charge in [0.1, 0.15) is 17.1 Å². The average molecular weight is 395 g/mol. The van der Waals surface area contributed by atoms with Crippen molar-refractivity contribution < 1.29 is 14.1 Å². The number of hydrogen-bond acceptors (Lipinski definition) is 8. The quantitative estimate of drug-likeness (QED) is 0.696. The van der Waals surface area contributed by atoms with E-state index in [2.05, 4.69) is 27.5 Å². The number of anilines is 1. The fraction of sp³-hybridized carbons (Fsp3) is 0.524. The fourth-order valence-corrected chi connectivity index (χ4v) is 4.02. The average Bonchev–Trinajstić information content (AvgIpc) is 3.41. The van der Waals surface area contributed by atoms with Crippen LogP contribution >= 0.6 is 0 Å². The van der Waals surface area contributed by atoms with Crippen LogP contribution in [0.25, 0.3) is 22.2 Å². The molecule has 152 valence electrons. The molecule has 1 atom stereocenters. The van der Waals surface area contributed by atoms with E-state index in [4.69, 9.17) is 19.1 Å². The predicted octanol–water partition coefficient (Wildman–Crippen LogP) is 3.84. The van der Waals surface area contributed by atoms with Crippen molar-refractivity contribution in [3.05, 3.63) is 24.4 Å². The Balaban J connectivity index is 1.44. The smallest absolute Gasteiger partial charge is 0.226 e. The molecule has 8 nitrogen and oxygen atoms in total. The zero-order chi connectivity index (χ0) is 19.6. The van der Waals surface area contributed by atoms with Crippen LogP contribution in [0, 0.1) is 5.92 Å². The van der Waals surface area contributed by atoms with Crippen molar-refractivity contribution in [2.24, 2.45) is 5.92 Å². The van der Waals surface area contributed by atoms with Crippen LogP contribution in [0.4, 0.5) is 5.95 Å². The molecule has 8 heteroatoms. The summed E-state index contributed by atoms with van der Waals surface area (Å²) in [4.78, 5) is 9.31. The van der Waals surface area contributed by atoms with Gasteiger partial charge in [-0.05, 0) is 59.6 Å². The number of rotatable bonds is 5. The molecular weight excluding hydrogens is 370 g/mol. The highest BCUT2D eigenvalue weighted by atomic mass is 16.6. The summed E-state index contributed by atoms with van der Waals surface area (Å²) in [6.07, 6.45) is 7.46. The highest BCUT2D eigenvalue weighted by Gasteiger charge is 2.23. The number of aromatic nitrogens is 4. The summed E-state index contributed by atoms with van der Waals surface area (Å²) < 4.78 is 16.5. The van der Waals surface area contributed by atoms with E-state index in [1.54, 1.807) is 0 Å². The van der Waals surface area contributed by atoms with Crippen LogP contribution in [0.15, 0.2) is 29.0 Å². The topological polar surface area (TPSA) is 95.2 Å². The van der Waals surface area contributed by atoms with Gasteiger partial charge in [-0.2, -0.15) is 4.98 Å². The van der Waals surface area contributed by atoms with Gasteiger partial charge in [-0.15, -0.1) is 0 Å². The standard InChI is InChI=1S/C21H25N5O3/c1-13-2-5-15(6-3-13)23-21-22-11-17(20(24-21)28-16-8-9-27-12-16)14-4-7-18-19(10-14)26-29-25-18/h4,7,10-11,13,15-16H,2-3,5-6,8-9,12H2,1H3,(H,22,23,24)/t13?,15?,16-/m1/s1. The predicted molar refractivity (Wildman–Crippen MR) is 108 cm³/mol. The molecule has 1 aromatic carbocycles. The van der Waals surface area contributed by atoms with Gasteiger partial charge in [-0.25, -0.2) is 9.61 Å². The van der Waals surface area contributed by atoms with Gasteiger partial charge in [-0.1, -0.05) is 13.0 Å². The van der Waals surface area contributed by atoms with Crippen LogP contribution in [0.5, 0.6) is 5.88 Å². The van der Waals surface area contributed by atoms with Crippen LogP contribution in [0.3, 0.4) is 0 Å². The minimum Gasteiger partial charge on any atom is -0.471 e. The second kappa shape index (κ2) is 7.94. The molecular formula is C21H25N5O3. The van der Waals surface area contributed by atoms with E-state index < -0.39 is 0 Å². The zero-order valence-corrected chi connectivity index (χ0v) is 16.5. The molecule has 3 heterocycles. The van der Waals surface area contributed by atoms with Crippen molar-refractivity contribution in [2.75, 3.05) is 18.5 Å². The van der Waals surface area contributed by atoms with Crippen LogP contribution in [0.1, 0.15) is 39.0 Å². The third-order valence-electron chi connectivity index (χ3n) is 5.83. The SMILES string of the molecule is CC1CCC(Nc2ncc(-c3ccc4nonc4c3)c(O[C@@H]3CCOC3)n2)CC1. The summed E-state index contributed by atoms with van der Waals surface area (Å²) in [6, 6.07) is 6.16. The first-order chi connectivity index (χ1) is 14.2. The summed E-state index contributed by atoms with van der Waals surface area (Å²) in [5.74, 6) is 1.99. The van der Waals surface area contributed by atoms with Gasteiger partial charge in [0, 0.05) is 18.7 Å². The van der Waals surface area contributed by atoms with Crippen molar-refractivity contribution in [2.45, 2.75) is 51.2 Å². The Bertz CT molecular complexity index is 977. The first-order valence-electron chi connectivity index (χ1n) is 10.4. The normalized spacial score (nSPS) is 24.7. The molecule has 2 aromatic heterocycles. The second-order valence-electron chi connectivity index (χ2n) is 8.08. The van der Waals surface area contributed by atoms with E-state index in [1.165, 1.54) is 12.8 Å². The maximum Gasteiger partial charge on any atom is 0.226 e. The van der Waals surface area contributed by atoms with E-state index in [-0.39, 0.29) is 6.10 Å². The lowest BCUT2D eigenvalue weighted by Crippen LogP contribution is -2.26. The van der Waals surface area contributed by atoms with Crippen LogP contribution in [-0.4, -0.2) is 45.6 Å². The molecule has 1 N–H and O–H groups in total. The number of benzene rings is 1. The van der Waals surface area contributed by atoms with Gasteiger partial charge >= 0.3 is 0 Å². The third-order valence-corrected chi connectivity index (χ3v) is 5.83. The monoisotopic (exact) mass is 395 g/mol. The largest absolute Gasteiger partial charge is 0.471 e. The van der Waals surface area contributed by atoms with Crippen LogP contribution in [-0.2, 0) is 4.74 Å². The van der Waals surface area contributed by atoms with Gasteiger partial charge in [0.2, 0.25) is 11.8 Å². The Morgan fingerprint density at radius 3 is 2.76 bits per heavy atom. The van der Waals surface area contributed by atoms with Gasteiger partial charge in [-0.3, -0.25) is 0 Å². The number of nitrogens with one attached hydrogen (secondary N) is 1. The molecule has 0 amide bonds. The summed E-state index contributed by atoms with van der Waals surface area (Å²) >= 11 is 0. The summed E-state index contributed by atoms with van der Waals surface area (Å²) in [7, 11) is 0. The van der Waals surface area contributed by atoms with Crippen molar-refractivity contribution in [3.63, 3.8) is 0 Å². The van der Waals surface area contributed by atoms with Crippen molar-refractivity contribution in [3.8, 4) is 17.0 Å². The van der Waals surface area contributed by atoms with E-state index >= 15 is 0 Å².